The zero-order valence-electron chi connectivity index (χ0n) is 13.0. The molecule has 0 spiro atoms. The van der Waals surface area contributed by atoms with Crippen molar-refractivity contribution in [2.75, 3.05) is 5.32 Å². The van der Waals surface area contributed by atoms with Crippen molar-refractivity contribution in [3.05, 3.63) is 52.6 Å². The Bertz CT molecular complexity index is 953. The Balaban J connectivity index is 1.68. The fraction of sp³-hybridized carbons (Fsp3) is 0.294. The van der Waals surface area contributed by atoms with Crippen molar-refractivity contribution in [3.8, 4) is 0 Å². The number of carbonyl (C=O) groups is 1. The second-order valence-corrected chi connectivity index (χ2v) is 6.00. The van der Waals surface area contributed by atoms with Crippen LogP contribution in [0.2, 0.25) is 0 Å². The quantitative estimate of drug-likeness (QED) is 0.774. The first-order valence-corrected chi connectivity index (χ1v) is 8.06. The minimum Gasteiger partial charge on any atom is -0.305 e. The predicted octanol–water partition coefficient (Wildman–Crippen LogP) is 2.49. The van der Waals surface area contributed by atoms with Gasteiger partial charge in [-0.05, 0) is 18.9 Å². The summed E-state index contributed by atoms with van der Waals surface area (Å²) in [6, 6.07) is 9.05. The molecule has 7 nitrogen and oxygen atoms in total. The number of carbonyl (C=O) groups excluding carboxylic acids is 1. The molecule has 1 fully saturated rings. The molecular formula is C17H17N5O2. The van der Waals surface area contributed by atoms with Gasteiger partial charge < -0.3 is 5.32 Å². The average molecular weight is 323 g/mol. The minimum absolute atomic E-state index is 0.198. The smallest absolute Gasteiger partial charge is 0.277 e. The molecule has 0 radical (unpaired) electrons. The van der Waals surface area contributed by atoms with Crippen LogP contribution < -0.4 is 10.9 Å². The van der Waals surface area contributed by atoms with Crippen LogP contribution in [0, 0.1) is 0 Å². The first-order valence-electron chi connectivity index (χ1n) is 8.06. The van der Waals surface area contributed by atoms with E-state index in [1.165, 1.54) is 12.8 Å². The summed E-state index contributed by atoms with van der Waals surface area (Å²) in [5.74, 6) is 0.297. The molecule has 122 valence electrons. The molecule has 1 aliphatic carbocycles. The molecule has 4 rings (SSSR count). The molecule has 2 N–H and O–H groups in total. The van der Waals surface area contributed by atoms with Crippen molar-refractivity contribution in [1.82, 2.24) is 20.0 Å². The van der Waals surface area contributed by atoms with E-state index >= 15 is 0 Å². The van der Waals surface area contributed by atoms with Gasteiger partial charge in [-0.2, -0.15) is 10.2 Å². The molecule has 0 saturated heterocycles. The number of H-pyrrole nitrogens is 1. The van der Waals surface area contributed by atoms with Crippen LogP contribution in [0.25, 0.3) is 10.8 Å². The molecule has 1 aromatic carbocycles. The van der Waals surface area contributed by atoms with Gasteiger partial charge in [0.1, 0.15) is 5.82 Å². The summed E-state index contributed by atoms with van der Waals surface area (Å²) in [7, 11) is 0. The first kappa shape index (κ1) is 14.6. The highest BCUT2D eigenvalue weighted by Crippen LogP contribution is 2.31. The Morgan fingerprint density at radius 3 is 2.71 bits per heavy atom. The Hall–Kier alpha value is -2.96. The SMILES string of the molecule is O=C(Nc1ccnn1C1CCCC1)c1n[nH]c(=O)c2ccccc12. The molecule has 1 saturated carbocycles. The number of hydrogen-bond donors (Lipinski definition) is 2. The third kappa shape index (κ3) is 2.47. The van der Waals surface area contributed by atoms with Crippen molar-refractivity contribution < 1.29 is 4.79 Å². The Labute approximate surface area is 137 Å². The molecular weight excluding hydrogens is 306 g/mol. The highest BCUT2D eigenvalue weighted by atomic mass is 16.2. The summed E-state index contributed by atoms with van der Waals surface area (Å²) in [6.45, 7) is 0. The van der Waals surface area contributed by atoms with Gasteiger partial charge in [0.2, 0.25) is 0 Å². The average Bonchev–Trinajstić information content (AvgIpc) is 3.26. The minimum atomic E-state index is -0.359. The van der Waals surface area contributed by atoms with Crippen molar-refractivity contribution in [2.24, 2.45) is 0 Å². The number of aromatic amines is 1. The molecule has 7 heteroatoms. The molecule has 0 atom stereocenters. The van der Waals surface area contributed by atoms with Crippen LogP contribution in [0.1, 0.15) is 42.2 Å². The van der Waals surface area contributed by atoms with E-state index in [1.54, 1.807) is 36.5 Å². The van der Waals surface area contributed by atoms with Gasteiger partial charge in [-0.25, -0.2) is 9.78 Å². The molecule has 0 bridgehead atoms. The van der Waals surface area contributed by atoms with Crippen LogP contribution in [-0.2, 0) is 0 Å². The second kappa shape index (κ2) is 5.92. The molecule has 0 unspecified atom stereocenters. The lowest BCUT2D eigenvalue weighted by atomic mass is 10.1. The van der Waals surface area contributed by atoms with Crippen LogP contribution in [-0.4, -0.2) is 25.9 Å². The normalized spacial score (nSPS) is 15.0. The number of aromatic nitrogens is 4. The van der Waals surface area contributed by atoms with Gasteiger partial charge in [0.05, 0.1) is 17.6 Å². The van der Waals surface area contributed by atoms with Crippen molar-refractivity contribution in [3.63, 3.8) is 0 Å². The zero-order chi connectivity index (χ0) is 16.5. The van der Waals surface area contributed by atoms with E-state index in [-0.39, 0.29) is 17.2 Å². The standard InChI is InChI=1S/C17H17N5O2/c23-16-13-8-4-3-7-12(13)15(20-21-16)17(24)19-14-9-10-18-22(14)11-5-1-2-6-11/h3-4,7-11H,1-2,5-6H2,(H,19,24)(H,21,23). The van der Waals surface area contributed by atoms with Crippen LogP contribution in [0.3, 0.4) is 0 Å². The lowest BCUT2D eigenvalue weighted by molar-refractivity contribution is 0.102. The summed E-state index contributed by atoms with van der Waals surface area (Å²) in [4.78, 5) is 24.5. The second-order valence-electron chi connectivity index (χ2n) is 6.00. The van der Waals surface area contributed by atoms with Crippen LogP contribution in [0.5, 0.6) is 0 Å². The summed E-state index contributed by atoms with van der Waals surface area (Å²) in [6.07, 6.45) is 6.20. The number of fused-ring (bicyclic) bond motifs is 1. The third-order valence-electron chi connectivity index (χ3n) is 4.49. The first-order chi connectivity index (χ1) is 11.7. The summed E-state index contributed by atoms with van der Waals surface area (Å²) >= 11 is 0. The fourth-order valence-corrected chi connectivity index (χ4v) is 3.32. The van der Waals surface area contributed by atoms with E-state index in [0.29, 0.717) is 22.6 Å². The lowest BCUT2D eigenvalue weighted by Crippen LogP contribution is -2.21. The summed E-state index contributed by atoms with van der Waals surface area (Å²) < 4.78 is 1.87. The molecule has 2 heterocycles. The maximum Gasteiger partial charge on any atom is 0.277 e. The molecule has 1 aliphatic rings. The maximum atomic E-state index is 12.7. The van der Waals surface area contributed by atoms with E-state index < -0.39 is 0 Å². The number of anilines is 1. The van der Waals surface area contributed by atoms with Gasteiger partial charge in [-0.15, -0.1) is 0 Å². The van der Waals surface area contributed by atoms with E-state index in [9.17, 15) is 9.59 Å². The van der Waals surface area contributed by atoms with E-state index in [0.717, 1.165) is 12.8 Å². The highest BCUT2D eigenvalue weighted by Gasteiger charge is 2.22. The lowest BCUT2D eigenvalue weighted by Gasteiger charge is -2.14. The van der Waals surface area contributed by atoms with Gasteiger partial charge in [0.25, 0.3) is 11.5 Å². The van der Waals surface area contributed by atoms with Crippen LogP contribution >= 0.6 is 0 Å². The number of hydrogen-bond acceptors (Lipinski definition) is 4. The van der Waals surface area contributed by atoms with Gasteiger partial charge in [-0.1, -0.05) is 31.0 Å². The van der Waals surface area contributed by atoms with E-state index in [4.69, 9.17) is 0 Å². The third-order valence-corrected chi connectivity index (χ3v) is 4.49. The maximum absolute atomic E-state index is 12.7. The number of nitrogens with zero attached hydrogens (tertiary/aromatic N) is 3. The number of amides is 1. The Morgan fingerprint density at radius 2 is 1.92 bits per heavy atom. The van der Waals surface area contributed by atoms with E-state index in [1.807, 2.05) is 4.68 Å². The monoisotopic (exact) mass is 323 g/mol. The summed E-state index contributed by atoms with van der Waals surface area (Å²) in [5, 5.41) is 14.5. The Kier molecular flexibility index (Phi) is 3.60. The van der Waals surface area contributed by atoms with Crippen molar-refractivity contribution in [1.29, 1.82) is 0 Å². The van der Waals surface area contributed by atoms with E-state index in [2.05, 4.69) is 20.6 Å². The Morgan fingerprint density at radius 1 is 1.17 bits per heavy atom. The molecule has 1 amide bonds. The largest absolute Gasteiger partial charge is 0.305 e. The van der Waals surface area contributed by atoms with Gasteiger partial charge in [0, 0.05) is 11.5 Å². The fourth-order valence-electron chi connectivity index (χ4n) is 3.32. The van der Waals surface area contributed by atoms with Crippen molar-refractivity contribution >= 4 is 22.5 Å². The van der Waals surface area contributed by atoms with Crippen LogP contribution in [0.15, 0.2) is 41.3 Å². The molecule has 24 heavy (non-hydrogen) atoms. The van der Waals surface area contributed by atoms with Crippen molar-refractivity contribution in [2.45, 2.75) is 31.7 Å². The number of rotatable bonds is 3. The topological polar surface area (TPSA) is 92.7 Å². The molecule has 3 aromatic rings. The van der Waals surface area contributed by atoms with Gasteiger partial charge in [-0.3, -0.25) is 9.59 Å². The van der Waals surface area contributed by atoms with Crippen LogP contribution in [0.4, 0.5) is 5.82 Å². The predicted molar refractivity (Wildman–Crippen MR) is 90.0 cm³/mol. The number of nitrogens with one attached hydrogen (secondary N) is 2. The zero-order valence-corrected chi connectivity index (χ0v) is 13.0. The van der Waals surface area contributed by atoms with Gasteiger partial charge in [0.15, 0.2) is 5.69 Å². The highest BCUT2D eigenvalue weighted by molar-refractivity contribution is 6.10. The van der Waals surface area contributed by atoms with Gasteiger partial charge >= 0.3 is 0 Å². The number of benzene rings is 1. The summed E-state index contributed by atoms with van der Waals surface area (Å²) in [5.41, 5.74) is -0.109. The molecule has 0 aliphatic heterocycles. The molecule has 2 aromatic heterocycles.